The molecular formula is C10H12N4O2S. The first-order chi connectivity index (χ1) is 8.15. The zero-order valence-corrected chi connectivity index (χ0v) is 10.1. The van der Waals surface area contributed by atoms with Crippen LogP contribution in [0.5, 0.6) is 0 Å². The predicted octanol–water partition coefficient (Wildman–Crippen LogP) is 0.0103. The normalized spacial score (nSPS) is 10.7. The number of nitrogens with two attached hydrogens (primary N) is 1. The van der Waals surface area contributed by atoms with Crippen LogP contribution < -0.4 is 16.8 Å². The summed E-state index contributed by atoms with van der Waals surface area (Å²) in [6.45, 7) is 1.90. The van der Waals surface area contributed by atoms with Crippen LogP contribution in [0.2, 0.25) is 0 Å². The van der Waals surface area contributed by atoms with Crippen LogP contribution in [0.15, 0.2) is 17.2 Å². The van der Waals surface area contributed by atoms with E-state index in [0.717, 1.165) is 11.3 Å². The predicted molar refractivity (Wildman–Crippen MR) is 65.6 cm³/mol. The molecule has 0 spiro atoms. The maximum Gasteiger partial charge on any atom is 0.262 e. The standard InChI is InChI=1S/C10H12N4O2S/c1-2-6-3-7-9(17-6)12-5-14(10(7)16)4-8(15)13-11/h3,5H,2,4,11H2,1H3,(H,13,15). The number of carbonyl (C=O) groups excluding carboxylic acids is 1. The third kappa shape index (κ3) is 2.20. The number of nitrogens with one attached hydrogen (secondary N) is 1. The fourth-order valence-electron chi connectivity index (χ4n) is 1.50. The van der Waals surface area contributed by atoms with Gasteiger partial charge in [0.1, 0.15) is 11.4 Å². The van der Waals surface area contributed by atoms with Crippen LogP contribution in [0.4, 0.5) is 0 Å². The Morgan fingerprint density at radius 3 is 3.06 bits per heavy atom. The number of hydrazine groups is 1. The minimum absolute atomic E-state index is 0.115. The maximum atomic E-state index is 12.0. The van der Waals surface area contributed by atoms with Gasteiger partial charge in [-0.3, -0.25) is 19.6 Å². The van der Waals surface area contributed by atoms with Crippen molar-refractivity contribution >= 4 is 27.5 Å². The number of thiophene rings is 1. The van der Waals surface area contributed by atoms with Crippen LogP contribution in [-0.2, 0) is 17.8 Å². The Labute approximate surface area is 101 Å². The summed E-state index contributed by atoms with van der Waals surface area (Å²) in [5, 5.41) is 0.555. The summed E-state index contributed by atoms with van der Waals surface area (Å²) in [5.74, 6) is 4.54. The molecule has 6 nitrogen and oxygen atoms in total. The van der Waals surface area contributed by atoms with E-state index >= 15 is 0 Å². The van der Waals surface area contributed by atoms with Crippen molar-refractivity contribution in [3.8, 4) is 0 Å². The Bertz CT molecular complexity index is 616. The average molecular weight is 252 g/mol. The Hall–Kier alpha value is -1.73. The topological polar surface area (TPSA) is 90.0 Å². The molecule has 0 aliphatic rings. The van der Waals surface area contributed by atoms with Crippen molar-refractivity contribution in [3.63, 3.8) is 0 Å². The summed E-state index contributed by atoms with van der Waals surface area (Å²) >= 11 is 1.50. The van der Waals surface area contributed by atoms with Crippen molar-refractivity contribution in [2.45, 2.75) is 19.9 Å². The summed E-state index contributed by atoms with van der Waals surface area (Å²) in [6.07, 6.45) is 2.24. The molecule has 0 fully saturated rings. The fraction of sp³-hybridized carbons (Fsp3) is 0.300. The lowest BCUT2D eigenvalue weighted by molar-refractivity contribution is -0.121. The summed E-state index contributed by atoms with van der Waals surface area (Å²) in [4.78, 5) is 29.1. The summed E-state index contributed by atoms with van der Waals surface area (Å²) < 4.78 is 1.25. The molecule has 17 heavy (non-hydrogen) atoms. The number of amides is 1. The first kappa shape index (κ1) is 11.7. The lowest BCUT2D eigenvalue weighted by Crippen LogP contribution is -2.36. The van der Waals surface area contributed by atoms with E-state index in [1.54, 1.807) is 0 Å². The smallest absolute Gasteiger partial charge is 0.262 e. The molecule has 0 atom stereocenters. The molecule has 0 aromatic carbocycles. The molecule has 1 amide bonds. The zero-order valence-electron chi connectivity index (χ0n) is 9.27. The quantitative estimate of drug-likeness (QED) is 0.457. The number of aromatic nitrogens is 2. The molecule has 0 radical (unpaired) electrons. The Morgan fingerprint density at radius 1 is 1.65 bits per heavy atom. The van der Waals surface area contributed by atoms with Gasteiger partial charge in [0.25, 0.3) is 11.5 Å². The van der Waals surface area contributed by atoms with Gasteiger partial charge in [0.15, 0.2) is 0 Å². The minimum Gasteiger partial charge on any atom is -0.293 e. The number of carbonyl (C=O) groups is 1. The lowest BCUT2D eigenvalue weighted by atomic mass is 10.3. The van der Waals surface area contributed by atoms with Crippen LogP contribution in [0.1, 0.15) is 11.8 Å². The molecule has 3 N–H and O–H groups in total. The van der Waals surface area contributed by atoms with Gasteiger partial charge in [0.05, 0.1) is 11.7 Å². The summed E-state index contributed by atoms with van der Waals surface area (Å²) in [7, 11) is 0. The van der Waals surface area contributed by atoms with E-state index in [1.807, 2.05) is 18.4 Å². The van der Waals surface area contributed by atoms with Crippen LogP contribution in [0.25, 0.3) is 10.2 Å². The first-order valence-corrected chi connectivity index (χ1v) is 5.94. The molecule has 2 heterocycles. The van der Waals surface area contributed by atoms with Gasteiger partial charge in [0, 0.05) is 4.88 Å². The molecule has 7 heteroatoms. The van der Waals surface area contributed by atoms with Gasteiger partial charge in [-0.05, 0) is 12.5 Å². The molecular weight excluding hydrogens is 240 g/mol. The van der Waals surface area contributed by atoms with E-state index in [4.69, 9.17) is 5.84 Å². The molecule has 2 rings (SSSR count). The highest BCUT2D eigenvalue weighted by Gasteiger charge is 2.09. The van der Waals surface area contributed by atoms with E-state index in [9.17, 15) is 9.59 Å². The largest absolute Gasteiger partial charge is 0.293 e. The minimum atomic E-state index is -0.431. The molecule has 0 saturated heterocycles. The Balaban J connectivity index is 2.49. The van der Waals surface area contributed by atoms with Crippen LogP contribution in [0, 0.1) is 0 Å². The number of fused-ring (bicyclic) bond motifs is 1. The summed E-state index contributed by atoms with van der Waals surface area (Å²) in [5.41, 5.74) is 1.77. The lowest BCUT2D eigenvalue weighted by Gasteiger charge is -2.02. The molecule has 90 valence electrons. The van der Waals surface area contributed by atoms with Gasteiger partial charge in [-0.25, -0.2) is 10.8 Å². The van der Waals surface area contributed by atoms with E-state index in [-0.39, 0.29) is 12.1 Å². The molecule has 2 aromatic rings. The van der Waals surface area contributed by atoms with Crippen molar-refractivity contribution in [2.75, 3.05) is 0 Å². The molecule has 0 saturated carbocycles. The summed E-state index contributed by atoms with van der Waals surface area (Å²) in [6, 6.07) is 1.83. The average Bonchev–Trinajstić information content (AvgIpc) is 2.76. The highest BCUT2D eigenvalue weighted by Crippen LogP contribution is 2.20. The van der Waals surface area contributed by atoms with Gasteiger partial charge in [-0.2, -0.15) is 0 Å². The number of hydrogen-bond acceptors (Lipinski definition) is 5. The van der Waals surface area contributed by atoms with Crippen LogP contribution >= 0.6 is 11.3 Å². The Kier molecular flexibility index (Phi) is 3.21. The van der Waals surface area contributed by atoms with E-state index in [2.05, 4.69) is 4.98 Å². The van der Waals surface area contributed by atoms with Gasteiger partial charge in [0.2, 0.25) is 0 Å². The number of hydrogen-bond donors (Lipinski definition) is 2. The Morgan fingerprint density at radius 2 is 2.41 bits per heavy atom. The third-order valence-electron chi connectivity index (χ3n) is 2.39. The fourth-order valence-corrected chi connectivity index (χ4v) is 2.42. The third-order valence-corrected chi connectivity index (χ3v) is 3.58. The second-order valence-corrected chi connectivity index (χ2v) is 4.65. The van der Waals surface area contributed by atoms with Crippen molar-refractivity contribution in [1.82, 2.24) is 15.0 Å². The van der Waals surface area contributed by atoms with Gasteiger partial charge in [-0.15, -0.1) is 11.3 Å². The van der Waals surface area contributed by atoms with E-state index in [0.29, 0.717) is 10.2 Å². The first-order valence-electron chi connectivity index (χ1n) is 5.13. The highest BCUT2D eigenvalue weighted by atomic mass is 32.1. The van der Waals surface area contributed by atoms with Crippen molar-refractivity contribution in [2.24, 2.45) is 5.84 Å². The second-order valence-electron chi connectivity index (χ2n) is 3.53. The van der Waals surface area contributed by atoms with Crippen molar-refractivity contribution < 1.29 is 4.79 Å². The molecule has 0 bridgehead atoms. The number of rotatable bonds is 3. The number of aryl methyl sites for hydroxylation is 1. The second kappa shape index (κ2) is 4.64. The van der Waals surface area contributed by atoms with Crippen LogP contribution in [0.3, 0.4) is 0 Å². The molecule has 0 unspecified atom stereocenters. The zero-order chi connectivity index (χ0) is 12.4. The van der Waals surface area contributed by atoms with Crippen molar-refractivity contribution in [1.29, 1.82) is 0 Å². The SMILES string of the molecule is CCc1cc2c(=O)n(CC(=O)NN)cnc2s1. The molecule has 0 aliphatic carbocycles. The highest BCUT2D eigenvalue weighted by molar-refractivity contribution is 7.18. The van der Waals surface area contributed by atoms with Gasteiger partial charge >= 0.3 is 0 Å². The van der Waals surface area contributed by atoms with Crippen LogP contribution in [-0.4, -0.2) is 15.5 Å². The van der Waals surface area contributed by atoms with E-state index in [1.165, 1.54) is 22.2 Å². The molecule has 2 aromatic heterocycles. The maximum absolute atomic E-state index is 12.0. The molecule has 0 aliphatic heterocycles. The number of nitrogens with zero attached hydrogens (tertiary/aromatic N) is 2. The van der Waals surface area contributed by atoms with Gasteiger partial charge < -0.3 is 0 Å². The monoisotopic (exact) mass is 252 g/mol. The van der Waals surface area contributed by atoms with Crippen molar-refractivity contribution in [3.05, 3.63) is 27.6 Å². The van der Waals surface area contributed by atoms with E-state index < -0.39 is 5.91 Å². The van der Waals surface area contributed by atoms with Gasteiger partial charge in [-0.1, -0.05) is 6.92 Å².